The van der Waals surface area contributed by atoms with Crippen molar-refractivity contribution in [1.29, 1.82) is 0 Å². The van der Waals surface area contributed by atoms with E-state index < -0.39 is 10.9 Å². The molecule has 0 saturated carbocycles. The molecule has 0 atom stereocenters. The van der Waals surface area contributed by atoms with Gasteiger partial charge in [-0.15, -0.1) is 0 Å². The van der Waals surface area contributed by atoms with Crippen LogP contribution in [-0.4, -0.2) is 25.8 Å². The fourth-order valence-corrected chi connectivity index (χ4v) is 3.01. The van der Waals surface area contributed by atoms with Gasteiger partial charge in [-0.2, -0.15) is 5.10 Å². The van der Waals surface area contributed by atoms with Crippen molar-refractivity contribution in [3.63, 3.8) is 0 Å². The number of aromatic carboxylic acids is 1. The Kier molecular flexibility index (Phi) is 4.85. The number of hydrogen-bond acceptors (Lipinski definition) is 4. The highest BCUT2D eigenvalue weighted by atomic mass is 79.9. The third-order valence-electron chi connectivity index (χ3n) is 3.95. The van der Waals surface area contributed by atoms with E-state index in [1.54, 1.807) is 4.68 Å². The van der Waals surface area contributed by atoms with Gasteiger partial charge in [-0.3, -0.25) is 10.1 Å². The molecule has 0 fully saturated rings. The Labute approximate surface area is 157 Å². The summed E-state index contributed by atoms with van der Waals surface area (Å²) in [6, 6.07) is 13.1. The molecular formula is C18H14BrN3O4. The van der Waals surface area contributed by atoms with Crippen LogP contribution in [0.4, 0.5) is 5.69 Å². The van der Waals surface area contributed by atoms with Crippen molar-refractivity contribution in [2.45, 2.75) is 13.3 Å². The Morgan fingerprint density at radius 3 is 2.31 bits per heavy atom. The second-order valence-electron chi connectivity index (χ2n) is 5.52. The van der Waals surface area contributed by atoms with E-state index in [1.807, 2.05) is 31.2 Å². The largest absolute Gasteiger partial charge is 0.478 e. The van der Waals surface area contributed by atoms with Gasteiger partial charge in [-0.1, -0.05) is 22.9 Å². The van der Waals surface area contributed by atoms with E-state index in [2.05, 4.69) is 21.0 Å². The van der Waals surface area contributed by atoms with Gasteiger partial charge >= 0.3 is 5.97 Å². The van der Waals surface area contributed by atoms with Gasteiger partial charge in [-0.25, -0.2) is 9.48 Å². The summed E-state index contributed by atoms with van der Waals surface area (Å²) in [4.78, 5) is 22.2. The highest BCUT2D eigenvalue weighted by molar-refractivity contribution is 9.10. The predicted octanol–water partition coefficient (Wildman–Crippen LogP) is 4.47. The Morgan fingerprint density at radius 2 is 1.81 bits per heavy atom. The van der Waals surface area contributed by atoms with Gasteiger partial charge in [0, 0.05) is 22.2 Å². The number of carboxylic acid groups (broad SMARTS) is 1. The molecule has 0 aliphatic heterocycles. The van der Waals surface area contributed by atoms with Crippen LogP contribution in [0.25, 0.3) is 16.9 Å². The van der Waals surface area contributed by atoms with Crippen LogP contribution in [0, 0.1) is 10.1 Å². The fraction of sp³-hybridized carbons (Fsp3) is 0.111. The van der Waals surface area contributed by atoms with Crippen molar-refractivity contribution in [3.8, 4) is 16.9 Å². The van der Waals surface area contributed by atoms with Gasteiger partial charge in [-0.05, 0) is 42.8 Å². The van der Waals surface area contributed by atoms with E-state index >= 15 is 0 Å². The number of halogens is 1. The smallest absolute Gasteiger partial charge is 0.339 e. The number of benzene rings is 2. The van der Waals surface area contributed by atoms with Crippen molar-refractivity contribution in [2.24, 2.45) is 0 Å². The van der Waals surface area contributed by atoms with E-state index in [0.29, 0.717) is 17.7 Å². The van der Waals surface area contributed by atoms with E-state index in [9.17, 15) is 20.0 Å². The fourth-order valence-electron chi connectivity index (χ4n) is 2.74. The number of nitro groups is 1. The maximum Gasteiger partial charge on any atom is 0.339 e. The number of non-ortho nitro benzene ring substituents is 1. The molecule has 0 spiro atoms. The molecule has 0 bridgehead atoms. The highest BCUT2D eigenvalue weighted by Gasteiger charge is 2.24. The van der Waals surface area contributed by atoms with Crippen LogP contribution in [0.15, 0.2) is 53.0 Å². The van der Waals surface area contributed by atoms with Crippen LogP contribution in [0.5, 0.6) is 0 Å². The summed E-state index contributed by atoms with van der Waals surface area (Å²) < 4.78 is 2.51. The second kappa shape index (κ2) is 7.09. The summed E-state index contributed by atoms with van der Waals surface area (Å²) in [6.07, 6.45) is 0.470. The minimum absolute atomic E-state index is 0.0614. The lowest BCUT2D eigenvalue weighted by Gasteiger charge is -2.06. The number of aromatic nitrogens is 2. The van der Waals surface area contributed by atoms with Gasteiger partial charge in [0.05, 0.1) is 16.3 Å². The number of hydrogen-bond donors (Lipinski definition) is 1. The Bertz CT molecular complexity index is 979. The first-order valence-corrected chi connectivity index (χ1v) is 8.57. The normalized spacial score (nSPS) is 10.7. The first-order chi connectivity index (χ1) is 12.4. The summed E-state index contributed by atoms with van der Waals surface area (Å²) in [5, 5.41) is 25.0. The zero-order valence-electron chi connectivity index (χ0n) is 13.7. The molecule has 0 unspecified atom stereocenters. The minimum Gasteiger partial charge on any atom is -0.478 e. The summed E-state index contributed by atoms with van der Waals surface area (Å²) in [5.74, 6) is -1.08. The molecule has 1 aromatic heterocycles. The molecular weight excluding hydrogens is 402 g/mol. The van der Waals surface area contributed by atoms with E-state index in [0.717, 1.165) is 10.2 Å². The number of rotatable bonds is 5. The van der Waals surface area contributed by atoms with Crippen LogP contribution >= 0.6 is 15.9 Å². The molecule has 1 heterocycles. The van der Waals surface area contributed by atoms with Crippen molar-refractivity contribution >= 4 is 27.6 Å². The standard InChI is InChI=1S/C18H14BrN3O4/c1-2-15-16(18(23)24)17(11-3-7-14(8-4-11)22(25)26)20-21(15)13-9-5-12(19)6-10-13/h3-10H,2H2,1H3,(H,23,24). The molecule has 3 rings (SSSR count). The zero-order valence-corrected chi connectivity index (χ0v) is 15.3. The molecule has 0 aliphatic carbocycles. The van der Waals surface area contributed by atoms with Crippen molar-refractivity contribution in [1.82, 2.24) is 9.78 Å². The summed E-state index contributed by atoms with van der Waals surface area (Å²) in [5.41, 5.74) is 2.14. The lowest BCUT2D eigenvalue weighted by atomic mass is 10.0. The predicted molar refractivity (Wildman–Crippen MR) is 99.7 cm³/mol. The Hall–Kier alpha value is -3.00. The number of nitro benzene ring substituents is 1. The summed E-state index contributed by atoms with van der Waals surface area (Å²) in [7, 11) is 0. The number of nitrogens with zero attached hydrogens (tertiary/aromatic N) is 3. The first kappa shape index (κ1) is 17.8. The van der Waals surface area contributed by atoms with Crippen LogP contribution in [-0.2, 0) is 6.42 Å². The molecule has 0 saturated heterocycles. The highest BCUT2D eigenvalue weighted by Crippen LogP contribution is 2.29. The average molecular weight is 416 g/mol. The van der Waals surface area contributed by atoms with Crippen LogP contribution in [0.1, 0.15) is 23.0 Å². The summed E-state index contributed by atoms with van der Waals surface area (Å²) >= 11 is 3.37. The van der Waals surface area contributed by atoms with Gasteiger partial charge in [0.25, 0.3) is 5.69 Å². The monoisotopic (exact) mass is 415 g/mol. The molecule has 7 nitrogen and oxygen atoms in total. The minimum atomic E-state index is -1.08. The van der Waals surface area contributed by atoms with Gasteiger partial charge in [0.2, 0.25) is 0 Å². The number of carboxylic acids is 1. The van der Waals surface area contributed by atoms with E-state index in [-0.39, 0.29) is 16.9 Å². The summed E-state index contributed by atoms with van der Waals surface area (Å²) in [6.45, 7) is 1.86. The molecule has 0 amide bonds. The number of carbonyl (C=O) groups is 1. The SMILES string of the molecule is CCc1c(C(=O)O)c(-c2ccc([N+](=O)[O-])cc2)nn1-c1ccc(Br)cc1. The first-order valence-electron chi connectivity index (χ1n) is 7.78. The zero-order chi connectivity index (χ0) is 18.8. The third kappa shape index (κ3) is 3.23. The molecule has 8 heteroatoms. The van der Waals surface area contributed by atoms with E-state index in [1.165, 1.54) is 24.3 Å². The van der Waals surface area contributed by atoms with Gasteiger partial charge < -0.3 is 5.11 Å². The molecule has 26 heavy (non-hydrogen) atoms. The van der Waals surface area contributed by atoms with Gasteiger partial charge in [0.15, 0.2) is 0 Å². The lowest BCUT2D eigenvalue weighted by Crippen LogP contribution is -2.05. The van der Waals surface area contributed by atoms with E-state index in [4.69, 9.17) is 0 Å². The maximum atomic E-state index is 11.9. The van der Waals surface area contributed by atoms with Crippen LogP contribution < -0.4 is 0 Å². The van der Waals surface area contributed by atoms with Crippen LogP contribution in [0.2, 0.25) is 0 Å². The topological polar surface area (TPSA) is 98.3 Å². The van der Waals surface area contributed by atoms with Gasteiger partial charge in [0.1, 0.15) is 11.3 Å². The molecule has 0 aliphatic rings. The lowest BCUT2D eigenvalue weighted by molar-refractivity contribution is -0.384. The molecule has 132 valence electrons. The molecule has 1 N–H and O–H groups in total. The Morgan fingerprint density at radius 1 is 1.19 bits per heavy atom. The second-order valence-corrected chi connectivity index (χ2v) is 6.44. The molecule has 0 radical (unpaired) electrons. The van der Waals surface area contributed by atoms with Crippen molar-refractivity contribution < 1.29 is 14.8 Å². The maximum absolute atomic E-state index is 11.9. The van der Waals surface area contributed by atoms with Crippen LogP contribution in [0.3, 0.4) is 0 Å². The average Bonchev–Trinajstić information content (AvgIpc) is 3.02. The molecule has 3 aromatic rings. The van der Waals surface area contributed by atoms with Crippen molar-refractivity contribution in [2.75, 3.05) is 0 Å². The molecule has 2 aromatic carbocycles. The third-order valence-corrected chi connectivity index (χ3v) is 4.48. The quantitative estimate of drug-likeness (QED) is 0.489. The van der Waals surface area contributed by atoms with Crippen molar-refractivity contribution in [3.05, 3.63) is 74.4 Å². The Balaban J connectivity index is 2.20.